The van der Waals surface area contributed by atoms with Crippen LogP contribution in [0.15, 0.2) is 48.7 Å². The van der Waals surface area contributed by atoms with Gasteiger partial charge in [-0.15, -0.1) is 0 Å². The zero-order valence-corrected chi connectivity index (χ0v) is 16.4. The van der Waals surface area contributed by atoms with Crippen molar-refractivity contribution in [2.24, 2.45) is 5.73 Å². The van der Waals surface area contributed by atoms with Crippen molar-refractivity contribution in [3.8, 4) is 11.3 Å². The summed E-state index contributed by atoms with van der Waals surface area (Å²) in [6, 6.07) is 12.1. The van der Waals surface area contributed by atoms with Crippen molar-refractivity contribution in [3.05, 3.63) is 81.9 Å². The summed E-state index contributed by atoms with van der Waals surface area (Å²) >= 11 is 5.84. The molecule has 0 spiro atoms. The Morgan fingerprint density at radius 1 is 1.14 bits per heavy atom. The summed E-state index contributed by atoms with van der Waals surface area (Å²) in [7, 11) is 0. The first-order valence-electron chi connectivity index (χ1n) is 9.10. The summed E-state index contributed by atoms with van der Waals surface area (Å²) < 4.78 is 14.8. The van der Waals surface area contributed by atoms with Gasteiger partial charge >= 0.3 is 0 Å². The number of nitrogens with two attached hydrogens (primary N) is 1. The number of nitrogens with one attached hydrogen (secondary N) is 1. The number of primary amides is 1. The normalized spacial score (nSPS) is 11.1. The Bertz CT molecular complexity index is 1220. The minimum absolute atomic E-state index is 0.300. The summed E-state index contributed by atoms with van der Waals surface area (Å²) in [4.78, 5) is 15.5. The Kier molecular flexibility index (Phi) is 5.03. The number of rotatable bonds is 5. The largest absolute Gasteiger partial charge is 0.366 e. The molecule has 5 nitrogen and oxygen atoms in total. The van der Waals surface area contributed by atoms with E-state index in [-0.39, 0.29) is 5.82 Å². The molecule has 2 heterocycles. The number of carbonyl (C=O) groups excluding carboxylic acids is 1. The molecule has 146 valence electrons. The van der Waals surface area contributed by atoms with Crippen molar-refractivity contribution < 1.29 is 9.18 Å². The van der Waals surface area contributed by atoms with Crippen molar-refractivity contribution in [3.63, 3.8) is 0 Å². The van der Waals surface area contributed by atoms with Gasteiger partial charge in [-0.05, 0) is 72.9 Å². The third kappa shape index (κ3) is 3.84. The first-order valence-corrected chi connectivity index (χ1v) is 9.48. The van der Waals surface area contributed by atoms with Crippen LogP contribution in [0, 0.1) is 12.7 Å². The Morgan fingerprint density at radius 3 is 2.66 bits per heavy atom. The highest BCUT2D eigenvalue weighted by Gasteiger charge is 2.14. The molecule has 0 unspecified atom stereocenters. The van der Waals surface area contributed by atoms with E-state index in [9.17, 15) is 9.18 Å². The predicted octanol–water partition coefficient (Wildman–Crippen LogP) is 4.61. The number of carbonyl (C=O) groups is 1. The van der Waals surface area contributed by atoms with Crippen LogP contribution in [0.3, 0.4) is 0 Å². The van der Waals surface area contributed by atoms with E-state index >= 15 is 0 Å². The van der Waals surface area contributed by atoms with Crippen LogP contribution in [0.25, 0.3) is 22.2 Å². The van der Waals surface area contributed by atoms with Gasteiger partial charge in [-0.1, -0.05) is 17.7 Å². The zero-order valence-electron chi connectivity index (χ0n) is 15.7. The van der Waals surface area contributed by atoms with Crippen molar-refractivity contribution in [2.75, 3.05) is 0 Å². The molecule has 0 aliphatic heterocycles. The van der Waals surface area contributed by atoms with Gasteiger partial charge in [0.1, 0.15) is 16.7 Å². The maximum Gasteiger partial charge on any atom is 0.248 e. The average Bonchev–Trinajstić information content (AvgIpc) is 3.10. The van der Waals surface area contributed by atoms with E-state index in [4.69, 9.17) is 17.3 Å². The van der Waals surface area contributed by atoms with E-state index < -0.39 is 5.91 Å². The lowest BCUT2D eigenvalue weighted by atomic mass is 9.97. The molecule has 0 fully saturated rings. The zero-order chi connectivity index (χ0) is 20.5. The Balaban J connectivity index is 1.63. The molecule has 0 aliphatic rings. The summed E-state index contributed by atoms with van der Waals surface area (Å²) in [5, 5.41) is 8.35. The predicted molar refractivity (Wildman–Crippen MR) is 111 cm³/mol. The second-order valence-electron chi connectivity index (χ2n) is 6.94. The van der Waals surface area contributed by atoms with Gasteiger partial charge in [0.25, 0.3) is 0 Å². The number of nitrogens with zero attached hydrogens (tertiary/aromatic N) is 2. The molecule has 2 aromatic heterocycles. The molecule has 0 radical (unpaired) electrons. The van der Waals surface area contributed by atoms with Crippen molar-refractivity contribution in [1.29, 1.82) is 0 Å². The number of aryl methyl sites for hydroxylation is 3. The molecule has 2 aromatic carbocycles. The van der Waals surface area contributed by atoms with Gasteiger partial charge in [-0.25, -0.2) is 9.37 Å². The molecule has 0 saturated carbocycles. The number of aromatic amines is 1. The third-order valence-electron chi connectivity index (χ3n) is 5.03. The molecular formula is C22H18ClFN4O. The monoisotopic (exact) mass is 408 g/mol. The molecule has 4 rings (SSSR count). The minimum Gasteiger partial charge on any atom is -0.366 e. The lowest BCUT2D eigenvalue weighted by Crippen LogP contribution is -2.11. The van der Waals surface area contributed by atoms with E-state index in [1.807, 2.05) is 13.0 Å². The first kappa shape index (κ1) is 19.1. The van der Waals surface area contributed by atoms with E-state index in [1.165, 1.54) is 6.07 Å². The van der Waals surface area contributed by atoms with Crippen LogP contribution in [0.5, 0.6) is 0 Å². The Labute approximate surface area is 171 Å². The van der Waals surface area contributed by atoms with Crippen LogP contribution < -0.4 is 5.73 Å². The second kappa shape index (κ2) is 7.64. The van der Waals surface area contributed by atoms with Gasteiger partial charge in [0.15, 0.2) is 0 Å². The van der Waals surface area contributed by atoms with Crippen LogP contribution in [0.4, 0.5) is 4.39 Å². The third-order valence-corrected chi connectivity index (χ3v) is 5.25. The highest BCUT2D eigenvalue weighted by molar-refractivity contribution is 6.29. The van der Waals surface area contributed by atoms with Crippen LogP contribution in [-0.4, -0.2) is 21.1 Å². The summed E-state index contributed by atoms with van der Waals surface area (Å²) in [5.41, 5.74) is 10.5. The van der Waals surface area contributed by atoms with E-state index in [0.29, 0.717) is 40.2 Å². The SMILES string of the molecule is Cc1ccc(C(N)=O)cc1CCc1cc2[nH]nc(-c3ccc(Cl)nc3)c2cc1F. The number of aromatic nitrogens is 3. The van der Waals surface area contributed by atoms with Crippen LogP contribution in [0.1, 0.15) is 27.0 Å². The summed E-state index contributed by atoms with van der Waals surface area (Å²) in [6.45, 7) is 1.96. The summed E-state index contributed by atoms with van der Waals surface area (Å²) in [6.07, 6.45) is 2.69. The number of hydrogen-bond donors (Lipinski definition) is 2. The van der Waals surface area contributed by atoms with Gasteiger partial charge < -0.3 is 5.73 Å². The highest BCUT2D eigenvalue weighted by atomic mass is 35.5. The molecular weight excluding hydrogens is 391 g/mol. The number of pyridine rings is 1. The molecule has 29 heavy (non-hydrogen) atoms. The van der Waals surface area contributed by atoms with Crippen LogP contribution in [0.2, 0.25) is 5.15 Å². The van der Waals surface area contributed by atoms with Gasteiger partial charge in [-0.3, -0.25) is 9.89 Å². The van der Waals surface area contributed by atoms with Gasteiger partial charge in [0.05, 0.1) is 5.52 Å². The number of amides is 1. The van der Waals surface area contributed by atoms with Crippen molar-refractivity contribution in [2.45, 2.75) is 19.8 Å². The fraction of sp³-hybridized carbons (Fsp3) is 0.136. The molecule has 1 amide bonds. The Morgan fingerprint density at radius 2 is 1.93 bits per heavy atom. The number of fused-ring (bicyclic) bond motifs is 1. The van der Waals surface area contributed by atoms with Crippen molar-refractivity contribution in [1.82, 2.24) is 15.2 Å². The van der Waals surface area contributed by atoms with Gasteiger partial charge in [0.2, 0.25) is 5.91 Å². The van der Waals surface area contributed by atoms with Gasteiger partial charge in [-0.2, -0.15) is 5.10 Å². The molecule has 0 aliphatic carbocycles. The minimum atomic E-state index is -0.472. The Hall–Kier alpha value is -3.25. The molecule has 0 bridgehead atoms. The number of H-pyrrole nitrogens is 1. The number of hydrogen-bond acceptors (Lipinski definition) is 3. The second-order valence-corrected chi connectivity index (χ2v) is 7.32. The average molecular weight is 409 g/mol. The molecule has 0 saturated heterocycles. The first-order chi connectivity index (χ1) is 13.9. The molecule has 4 aromatic rings. The topological polar surface area (TPSA) is 84.7 Å². The van der Waals surface area contributed by atoms with Gasteiger partial charge in [0, 0.05) is 22.7 Å². The fourth-order valence-corrected chi connectivity index (χ4v) is 3.49. The lowest BCUT2D eigenvalue weighted by molar-refractivity contribution is 0.1000. The maximum absolute atomic E-state index is 14.8. The smallest absolute Gasteiger partial charge is 0.248 e. The van der Waals surface area contributed by atoms with Crippen LogP contribution in [-0.2, 0) is 12.8 Å². The maximum atomic E-state index is 14.8. The molecule has 7 heteroatoms. The van der Waals surface area contributed by atoms with E-state index in [2.05, 4.69) is 15.2 Å². The number of halogens is 2. The summed E-state index contributed by atoms with van der Waals surface area (Å²) in [5.74, 6) is -0.772. The van der Waals surface area contributed by atoms with E-state index in [0.717, 1.165) is 22.2 Å². The van der Waals surface area contributed by atoms with E-state index in [1.54, 1.807) is 36.5 Å². The number of benzene rings is 2. The fourth-order valence-electron chi connectivity index (χ4n) is 3.37. The van der Waals surface area contributed by atoms with Crippen LogP contribution >= 0.6 is 11.6 Å². The molecule has 0 atom stereocenters. The standard InChI is InChI=1S/C22H18ClFN4O/c1-12-2-3-15(22(25)29)8-13(12)4-5-14-9-19-17(10-18(14)24)21(28-27-19)16-6-7-20(23)26-11-16/h2-3,6-11H,4-5H2,1H3,(H2,25,29)(H,27,28). The van der Waals surface area contributed by atoms with Crippen molar-refractivity contribution >= 4 is 28.4 Å². The quantitative estimate of drug-likeness (QED) is 0.473. The molecule has 3 N–H and O–H groups in total. The highest BCUT2D eigenvalue weighted by Crippen LogP contribution is 2.29. The lowest BCUT2D eigenvalue weighted by Gasteiger charge is -2.09.